The molecule has 8 heteroatoms. The second-order valence-corrected chi connectivity index (χ2v) is 4.57. The molecule has 2 rings (SSSR count). The molecule has 0 aliphatic carbocycles. The van der Waals surface area contributed by atoms with Gasteiger partial charge in [0.2, 0.25) is 11.5 Å². The summed E-state index contributed by atoms with van der Waals surface area (Å²) in [4.78, 5) is 20.9. The van der Waals surface area contributed by atoms with Crippen LogP contribution in [0, 0.1) is 31.6 Å². The van der Waals surface area contributed by atoms with Crippen LogP contribution in [0.15, 0.2) is 36.4 Å². The average molecular weight is 313 g/mol. The van der Waals surface area contributed by atoms with Crippen molar-refractivity contribution in [3.05, 3.63) is 67.8 Å². The number of hydrogen-bond acceptors (Lipinski definition) is 6. The number of rotatable bonds is 5. The highest BCUT2D eigenvalue weighted by Crippen LogP contribution is 2.37. The maximum Gasteiger partial charge on any atom is 0.312 e. The van der Waals surface area contributed by atoms with E-state index in [1.54, 1.807) is 12.1 Å². The van der Waals surface area contributed by atoms with Gasteiger partial charge in [0.05, 0.1) is 21.5 Å². The molecular formula is C15H11N3O5. The summed E-state index contributed by atoms with van der Waals surface area (Å²) < 4.78 is 5.37. The quantitative estimate of drug-likeness (QED) is 0.612. The molecule has 0 heterocycles. The van der Waals surface area contributed by atoms with E-state index in [-0.39, 0.29) is 22.7 Å². The van der Waals surface area contributed by atoms with Gasteiger partial charge in [-0.15, -0.1) is 0 Å². The summed E-state index contributed by atoms with van der Waals surface area (Å²) in [6, 6.07) is 9.85. The van der Waals surface area contributed by atoms with Crippen LogP contribution in [0.5, 0.6) is 11.5 Å². The molecule has 0 aliphatic heterocycles. The number of nitro benzene ring substituents is 2. The van der Waals surface area contributed by atoms with E-state index >= 15 is 0 Å². The Labute approximate surface area is 130 Å². The topological polar surface area (TPSA) is 119 Å². The van der Waals surface area contributed by atoms with E-state index in [0.717, 1.165) is 11.6 Å². The summed E-state index contributed by atoms with van der Waals surface area (Å²) in [5.41, 5.74) is 0.138. The Balaban J connectivity index is 2.49. The fourth-order valence-corrected chi connectivity index (χ4v) is 1.95. The van der Waals surface area contributed by atoms with Gasteiger partial charge < -0.3 is 4.74 Å². The first kappa shape index (κ1) is 15.9. The molecule has 0 saturated carbocycles. The van der Waals surface area contributed by atoms with Crippen LogP contribution in [0.1, 0.15) is 18.1 Å². The molecule has 0 atom stereocenters. The lowest BCUT2D eigenvalue weighted by molar-refractivity contribution is -0.387. The van der Waals surface area contributed by atoms with Gasteiger partial charge in [0.25, 0.3) is 0 Å². The lowest BCUT2D eigenvalue weighted by Gasteiger charge is -2.08. The molecule has 0 unspecified atom stereocenters. The molecule has 0 spiro atoms. The van der Waals surface area contributed by atoms with Gasteiger partial charge in [-0.2, -0.15) is 5.26 Å². The molecule has 0 aliphatic rings. The monoisotopic (exact) mass is 313 g/mol. The number of hydrogen-bond donors (Lipinski definition) is 0. The summed E-state index contributed by atoms with van der Waals surface area (Å²) >= 11 is 0. The van der Waals surface area contributed by atoms with Crippen LogP contribution in [0.4, 0.5) is 11.4 Å². The third kappa shape index (κ3) is 3.41. The molecule has 0 bridgehead atoms. The van der Waals surface area contributed by atoms with Gasteiger partial charge in [0.15, 0.2) is 0 Å². The zero-order chi connectivity index (χ0) is 17.0. The van der Waals surface area contributed by atoms with Gasteiger partial charge in [-0.3, -0.25) is 20.2 Å². The van der Waals surface area contributed by atoms with Gasteiger partial charge in [-0.05, 0) is 30.2 Å². The first-order chi connectivity index (χ1) is 11.0. The first-order valence-corrected chi connectivity index (χ1v) is 6.60. The minimum absolute atomic E-state index is 0.0971. The van der Waals surface area contributed by atoms with Gasteiger partial charge in [-0.25, -0.2) is 0 Å². The van der Waals surface area contributed by atoms with E-state index < -0.39 is 15.5 Å². The number of nitro groups is 2. The highest BCUT2D eigenvalue weighted by Gasteiger charge is 2.22. The fourth-order valence-electron chi connectivity index (χ4n) is 1.95. The zero-order valence-electron chi connectivity index (χ0n) is 12.1. The van der Waals surface area contributed by atoms with Gasteiger partial charge in [-0.1, -0.05) is 13.0 Å². The van der Waals surface area contributed by atoms with E-state index in [1.165, 1.54) is 24.3 Å². The molecule has 8 nitrogen and oxygen atoms in total. The smallest absolute Gasteiger partial charge is 0.312 e. The Morgan fingerprint density at radius 2 is 1.61 bits per heavy atom. The van der Waals surface area contributed by atoms with Crippen LogP contribution >= 0.6 is 0 Å². The standard InChI is InChI=1S/C15H11N3O5/c1-2-10-3-5-14(12(7-10)17(19)20)23-15-6-4-11(9-16)8-13(15)18(21)22/h3-8H,2H2,1H3. The van der Waals surface area contributed by atoms with Crippen LogP contribution < -0.4 is 4.74 Å². The zero-order valence-corrected chi connectivity index (χ0v) is 12.1. The maximum absolute atomic E-state index is 11.1. The molecule has 0 N–H and O–H groups in total. The molecule has 2 aromatic carbocycles. The largest absolute Gasteiger partial charge is 0.443 e. The highest BCUT2D eigenvalue weighted by molar-refractivity contribution is 5.56. The van der Waals surface area contributed by atoms with Gasteiger partial charge >= 0.3 is 11.4 Å². The summed E-state index contributed by atoms with van der Waals surface area (Å²) in [5, 5.41) is 31.0. The summed E-state index contributed by atoms with van der Waals surface area (Å²) in [5.74, 6) is -0.263. The average Bonchev–Trinajstić information content (AvgIpc) is 2.55. The Kier molecular flexibility index (Phi) is 4.52. The van der Waals surface area contributed by atoms with Gasteiger partial charge in [0, 0.05) is 12.1 Å². The van der Waals surface area contributed by atoms with Crippen LogP contribution in [0.3, 0.4) is 0 Å². The molecule has 23 heavy (non-hydrogen) atoms. The lowest BCUT2D eigenvalue weighted by atomic mass is 10.1. The molecule has 2 aromatic rings. The molecule has 0 fully saturated rings. The van der Waals surface area contributed by atoms with Crippen molar-refractivity contribution in [2.45, 2.75) is 13.3 Å². The van der Waals surface area contributed by atoms with E-state index in [1.807, 2.05) is 6.92 Å². The Hall–Kier alpha value is -3.47. The van der Waals surface area contributed by atoms with Crippen molar-refractivity contribution in [1.29, 1.82) is 5.26 Å². The highest BCUT2D eigenvalue weighted by atomic mass is 16.6. The van der Waals surface area contributed by atoms with Crippen molar-refractivity contribution in [2.24, 2.45) is 0 Å². The predicted molar refractivity (Wildman–Crippen MR) is 80.4 cm³/mol. The van der Waals surface area contributed by atoms with E-state index in [4.69, 9.17) is 10.00 Å². The van der Waals surface area contributed by atoms with Gasteiger partial charge in [0.1, 0.15) is 0 Å². The Bertz CT molecular complexity index is 826. The first-order valence-electron chi connectivity index (χ1n) is 6.60. The normalized spacial score (nSPS) is 9.91. The summed E-state index contributed by atoms with van der Waals surface area (Å²) in [6.45, 7) is 1.85. The van der Waals surface area contributed by atoms with E-state index in [0.29, 0.717) is 6.42 Å². The number of benzene rings is 2. The number of ether oxygens (including phenoxy) is 1. The van der Waals surface area contributed by atoms with Crippen LogP contribution in [-0.4, -0.2) is 9.85 Å². The van der Waals surface area contributed by atoms with Crippen LogP contribution in [-0.2, 0) is 6.42 Å². The Morgan fingerprint density at radius 3 is 2.13 bits per heavy atom. The molecular weight excluding hydrogens is 302 g/mol. The van der Waals surface area contributed by atoms with Crippen molar-refractivity contribution in [1.82, 2.24) is 0 Å². The predicted octanol–water partition coefficient (Wildman–Crippen LogP) is 3.73. The van der Waals surface area contributed by atoms with Crippen molar-refractivity contribution in [2.75, 3.05) is 0 Å². The van der Waals surface area contributed by atoms with Crippen molar-refractivity contribution < 1.29 is 14.6 Å². The van der Waals surface area contributed by atoms with Crippen molar-refractivity contribution in [3.8, 4) is 17.6 Å². The second kappa shape index (κ2) is 6.53. The minimum atomic E-state index is -0.706. The maximum atomic E-state index is 11.1. The third-order valence-electron chi connectivity index (χ3n) is 3.13. The van der Waals surface area contributed by atoms with E-state index in [9.17, 15) is 20.2 Å². The molecule has 0 aromatic heterocycles. The molecule has 0 amide bonds. The van der Waals surface area contributed by atoms with Crippen LogP contribution in [0.2, 0.25) is 0 Å². The number of nitrogens with zero attached hydrogens (tertiary/aromatic N) is 3. The molecule has 116 valence electrons. The van der Waals surface area contributed by atoms with Crippen LogP contribution in [0.25, 0.3) is 0 Å². The summed E-state index contributed by atoms with van der Waals surface area (Å²) in [7, 11) is 0. The summed E-state index contributed by atoms with van der Waals surface area (Å²) in [6.07, 6.45) is 0.609. The molecule has 0 radical (unpaired) electrons. The molecule has 0 saturated heterocycles. The van der Waals surface area contributed by atoms with Crippen molar-refractivity contribution >= 4 is 11.4 Å². The minimum Gasteiger partial charge on any atom is -0.443 e. The van der Waals surface area contributed by atoms with Crippen molar-refractivity contribution in [3.63, 3.8) is 0 Å². The second-order valence-electron chi connectivity index (χ2n) is 4.57. The number of aryl methyl sites for hydroxylation is 1. The SMILES string of the molecule is CCc1ccc(Oc2ccc(C#N)cc2[N+](=O)[O-])c([N+](=O)[O-])c1. The fraction of sp³-hybridized carbons (Fsp3) is 0.133. The van der Waals surface area contributed by atoms with E-state index in [2.05, 4.69) is 0 Å². The third-order valence-corrected chi connectivity index (χ3v) is 3.13. The lowest BCUT2D eigenvalue weighted by Crippen LogP contribution is -1.98. The Morgan fingerprint density at radius 1 is 1.04 bits per heavy atom. The number of nitriles is 1.